The summed E-state index contributed by atoms with van der Waals surface area (Å²) in [4.78, 5) is 0. The fourth-order valence-corrected chi connectivity index (χ4v) is 0.709. The summed E-state index contributed by atoms with van der Waals surface area (Å²) >= 11 is 4.19. The number of nitrogens with two attached hydrogens (primary N) is 1. The summed E-state index contributed by atoms with van der Waals surface area (Å²) in [6, 6.07) is 0. The van der Waals surface area contributed by atoms with Gasteiger partial charge >= 0.3 is 0 Å². The molecule has 1 atom stereocenters. The van der Waals surface area contributed by atoms with E-state index in [-0.39, 0.29) is 0 Å². The van der Waals surface area contributed by atoms with E-state index in [9.17, 15) is 0 Å². The predicted octanol–water partition coefficient (Wildman–Crippen LogP) is 1.04. The molecule has 0 rings (SSSR count). The van der Waals surface area contributed by atoms with Crippen LogP contribution in [-0.4, -0.2) is 11.8 Å². The summed E-state index contributed by atoms with van der Waals surface area (Å²) in [6.07, 6.45) is 2.32. The molecule has 44 valence electrons. The molecule has 0 aromatic heterocycles. The fourth-order valence-electron chi connectivity index (χ4n) is 0.451. The van der Waals surface area contributed by atoms with Crippen molar-refractivity contribution in [2.24, 2.45) is 5.73 Å². The second-order valence-electron chi connectivity index (χ2n) is 1.68. The molecule has 7 heavy (non-hydrogen) atoms. The molecule has 0 amide bonds. The van der Waals surface area contributed by atoms with Crippen LogP contribution in [0.5, 0.6) is 0 Å². The molecule has 0 heterocycles. The highest BCUT2D eigenvalue weighted by Crippen LogP contribution is 2.00. The second kappa shape index (κ2) is 4.47. The third-order valence-corrected chi connectivity index (χ3v) is 1.36. The van der Waals surface area contributed by atoms with Crippen LogP contribution < -0.4 is 5.73 Å². The van der Waals surface area contributed by atoms with Crippen molar-refractivity contribution in [2.45, 2.75) is 25.0 Å². The third kappa shape index (κ3) is 4.16. The molecule has 0 fully saturated rings. The topological polar surface area (TPSA) is 26.0 Å². The highest BCUT2D eigenvalue weighted by Gasteiger charge is 1.93. The molecule has 0 aromatic rings. The van der Waals surface area contributed by atoms with E-state index in [1.807, 2.05) is 0 Å². The molecule has 2 heteroatoms. The zero-order chi connectivity index (χ0) is 5.70. The van der Waals surface area contributed by atoms with Crippen molar-refractivity contribution in [2.75, 3.05) is 6.54 Å². The van der Waals surface area contributed by atoms with Gasteiger partial charge in [-0.2, -0.15) is 12.6 Å². The van der Waals surface area contributed by atoms with Gasteiger partial charge in [0.2, 0.25) is 0 Å². The largest absolute Gasteiger partial charge is 0.329 e. The lowest BCUT2D eigenvalue weighted by Gasteiger charge is -2.01. The molecule has 0 saturated heterocycles. The quantitative estimate of drug-likeness (QED) is 0.533. The van der Waals surface area contributed by atoms with Gasteiger partial charge in [-0.1, -0.05) is 13.3 Å². The second-order valence-corrected chi connectivity index (χ2v) is 2.41. The van der Waals surface area contributed by atoms with Crippen molar-refractivity contribution in [1.82, 2.24) is 0 Å². The Morgan fingerprint density at radius 2 is 2.29 bits per heavy atom. The molecule has 0 aliphatic heterocycles. The Hall–Kier alpha value is 0.310. The summed E-state index contributed by atoms with van der Waals surface area (Å²) in [5.74, 6) is 0. The maximum Gasteiger partial charge on any atom is 0.0139 e. The zero-order valence-corrected chi connectivity index (χ0v) is 5.62. The standard InChI is InChI=1S/C5H13NS/c1-2-3-5(7)4-6/h5,7H,2-4,6H2,1H3/t5-/m1/s1. The van der Waals surface area contributed by atoms with Crippen LogP contribution in [0.3, 0.4) is 0 Å². The van der Waals surface area contributed by atoms with Crippen LogP contribution in [0.4, 0.5) is 0 Å². The van der Waals surface area contributed by atoms with Gasteiger partial charge in [0, 0.05) is 11.8 Å². The lowest BCUT2D eigenvalue weighted by molar-refractivity contribution is 0.748. The normalized spacial score (nSPS) is 14.1. The van der Waals surface area contributed by atoms with Crippen LogP contribution in [0.1, 0.15) is 19.8 Å². The first-order valence-corrected chi connectivity index (χ1v) is 3.21. The number of hydrogen-bond donors (Lipinski definition) is 2. The van der Waals surface area contributed by atoms with Crippen LogP contribution in [0.25, 0.3) is 0 Å². The Morgan fingerprint density at radius 1 is 1.71 bits per heavy atom. The maximum atomic E-state index is 5.28. The molecule has 0 aliphatic rings. The van der Waals surface area contributed by atoms with Crippen molar-refractivity contribution in [1.29, 1.82) is 0 Å². The number of hydrogen-bond acceptors (Lipinski definition) is 2. The lowest BCUT2D eigenvalue weighted by Crippen LogP contribution is -2.13. The van der Waals surface area contributed by atoms with E-state index >= 15 is 0 Å². The van der Waals surface area contributed by atoms with Crippen LogP contribution >= 0.6 is 12.6 Å². The summed E-state index contributed by atoms with van der Waals surface area (Å²) in [5, 5.41) is 0.421. The van der Waals surface area contributed by atoms with Crippen molar-refractivity contribution in [3.63, 3.8) is 0 Å². The molecule has 0 radical (unpaired) electrons. The van der Waals surface area contributed by atoms with Crippen LogP contribution in [0.2, 0.25) is 0 Å². The molecule has 0 saturated carbocycles. The molecule has 0 unspecified atom stereocenters. The summed E-state index contributed by atoms with van der Waals surface area (Å²) in [6.45, 7) is 2.84. The highest BCUT2D eigenvalue weighted by atomic mass is 32.1. The Bertz CT molecular complexity index is 39.1. The highest BCUT2D eigenvalue weighted by molar-refractivity contribution is 7.81. The van der Waals surface area contributed by atoms with Crippen molar-refractivity contribution in [3.05, 3.63) is 0 Å². The molecule has 1 nitrogen and oxygen atoms in total. The van der Waals surface area contributed by atoms with Crippen LogP contribution in [0, 0.1) is 0 Å². The van der Waals surface area contributed by atoms with Crippen molar-refractivity contribution < 1.29 is 0 Å². The minimum atomic E-state index is 0.421. The third-order valence-electron chi connectivity index (χ3n) is 0.894. The molecule has 0 bridgehead atoms. The van der Waals surface area contributed by atoms with Crippen molar-refractivity contribution >= 4 is 12.6 Å². The van der Waals surface area contributed by atoms with E-state index in [2.05, 4.69) is 19.6 Å². The van der Waals surface area contributed by atoms with Crippen molar-refractivity contribution in [3.8, 4) is 0 Å². The first-order chi connectivity index (χ1) is 3.31. The summed E-state index contributed by atoms with van der Waals surface area (Å²) < 4.78 is 0. The Kier molecular flexibility index (Phi) is 4.67. The molecule has 2 N–H and O–H groups in total. The van der Waals surface area contributed by atoms with Gasteiger partial charge in [-0.05, 0) is 6.42 Å². The lowest BCUT2D eigenvalue weighted by atomic mass is 10.2. The smallest absolute Gasteiger partial charge is 0.0139 e. The first kappa shape index (κ1) is 7.31. The average Bonchev–Trinajstić information content (AvgIpc) is 1.68. The number of rotatable bonds is 3. The van der Waals surface area contributed by atoms with Gasteiger partial charge in [-0.15, -0.1) is 0 Å². The Labute approximate surface area is 50.7 Å². The van der Waals surface area contributed by atoms with Gasteiger partial charge in [-0.25, -0.2) is 0 Å². The summed E-state index contributed by atoms with van der Waals surface area (Å²) in [7, 11) is 0. The number of thiol groups is 1. The van der Waals surface area contributed by atoms with Gasteiger partial charge in [0.05, 0.1) is 0 Å². The Balaban J connectivity index is 2.83. The maximum absolute atomic E-state index is 5.28. The van der Waals surface area contributed by atoms with Gasteiger partial charge in [0.15, 0.2) is 0 Å². The first-order valence-electron chi connectivity index (χ1n) is 2.69. The molecular formula is C5H13NS. The van der Waals surface area contributed by atoms with E-state index in [1.165, 1.54) is 6.42 Å². The monoisotopic (exact) mass is 119 g/mol. The molecular weight excluding hydrogens is 106 g/mol. The minimum absolute atomic E-state index is 0.421. The van der Waals surface area contributed by atoms with E-state index in [0.29, 0.717) is 11.8 Å². The SMILES string of the molecule is CCC[C@@H](S)CN. The van der Waals surface area contributed by atoms with E-state index in [1.54, 1.807) is 0 Å². The fraction of sp³-hybridized carbons (Fsp3) is 1.00. The molecule has 0 spiro atoms. The van der Waals surface area contributed by atoms with Gasteiger partial charge in [0.1, 0.15) is 0 Å². The molecule has 0 aliphatic carbocycles. The van der Waals surface area contributed by atoms with Gasteiger partial charge < -0.3 is 5.73 Å². The predicted molar refractivity (Wildman–Crippen MR) is 36.7 cm³/mol. The summed E-state index contributed by atoms with van der Waals surface area (Å²) in [5.41, 5.74) is 5.28. The van der Waals surface area contributed by atoms with E-state index < -0.39 is 0 Å². The van der Waals surface area contributed by atoms with Crippen LogP contribution in [-0.2, 0) is 0 Å². The molecule has 0 aromatic carbocycles. The van der Waals surface area contributed by atoms with Crippen LogP contribution in [0.15, 0.2) is 0 Å². The van der Waals surface area contributed by atoms with Gasteiger partial charge in [0.25, 0.3) is 0 Å². The van der Waals surface area contributed by atoms with Gasteiger partial charge in [-0.3, -0.25) is 0 Å². The Morgan fingerprint density at radius 3 is 2.43 bits per heavy atom. The average molecular weight is 119 g/mol. The minimum Gasteiger partial charge on any atom is -0.329 e. The van der Waals surface area contributed by atoms with E-state index in [0.717, 1.165) is 6.42 Å². The van der Waals surface area contributed by atoms with E-state index in [4.69, 9.17) is 5.73 Å². The zero-order valence-electron chi connectivity index (χ0n) is 4.72.